The van der Waals surface area contributed by atoms with E-state index in [4.69, 9.17) is 28.5 Å². The quantitative estimate of drug-likeness (QED) is 0.675. The Hall–Kier alpha value is -1.77. The number of benzene rings is 1. The smallest absolute Gasteiger partial charge is 0.285 e. The fourth-order valence-corrected chi connectivity index (χ4v) is 2.53. The molecule has 5 nitrogen and oxygen atoms in total. The highest BCUT2D eigenvalue weighted by Gasteiger charge is 2.20. The highest BCUT2D eigenvalue weighted by molar-refractivity contribution is 6.45. The normalized spacial score (nSPS) is 15.9. The molecule has 1 fully saturated rings. The molecule has 116 valence electrons. The number of halogens is 2. The van der Waals surface area contributed by atoms with Crippen LogP contribution in [-0.2, 0) is 4.79 Å². The van der Waals surface area contributed by atoms with E-state index in [1.165, 1.54) is 0 Å². The van der Waals surface area contributed by atoms with Crippen molar-refractivity contribution in [2.24, 2.45) is 5.10 Å². The largest absolute Gasteiger partial charge is 0.337 e. The Bertz CT molecular complexity index is 616. The Kier molecular flexibility index (Phi) is 6.05. The van der Waals surface area contributed by atoms with Gasteiger partial charge >= 0.3 is 0 Å². The van der Waals surface area contributed by atoms with Crippen LogP contribution in [0.25, 0.3) is 0 Å². The molecule has 1 aromatic carbocycles. The summed E-state index contributed by atoms with van der Waals surface area (Å²) < 4.78 is 0. The van der Waals surface area contributed by atoms with Crippen molar-refractivity contribution in [3.05, 3.63) is 28.2 Å². The van der Waals surface area contributed by atoms with Crippen molar-refractivity contribution >= 4 is 40.5 Å². The summed E-state index contributed by atoms with van der Waals surface area (Å²) in [5.41, 5.74) is 3.08. The van der Waals surface area contributed by atoms with Crippen LogP contribution in [0.2, 0.25) is 10.0 Å². The number of amides is 1. The third-order valence-electron chi connectivity index (χ3n) is 3.42. The first-order valence-electron chi connectivity index (χ1n) is 7.10. The maximum absolute atomic E-state index is 12.3. The summed E-state index contributed by atoms with van der Waals surface area (Å²) in [6.45, 7) is 1.35. The Morgan fingerprint density at radius 2 is 1.86 bits per heavy atom. The van der Waals surface area contributed by atoms with Gasteiger partial charge in [0.15, 0.2) is 0 Å². The van der Waals surface area contributed by atoms with E-state index in [-0.39, 0.29) is 11.6 Å². The van der Waals surface area contributed by atoms with Crippen LogP contribution in [0.3, 0.4) is 0 Å². The summed E-state index contributed by atoms with van der Waals surface area (Å²) in [6, 6.07) is 6.72. The maximum atomic E-state index is 12.3. The van der Waals surface area contributed by atoms with E-state index >= 15 is 0 Å². The molecule has 1 heterocycles. The summed E-state index contributed by atoms with van der Waals surface area (Å²) in [6.07, 6.45) is 4.16. The number of hydrazone groups is 1. The van der Waals surface area contributed by atoms with Gasteiger partial charge in [-0.1, -0.05) is 36.0 Å². The summed E-state index contributed by atoms with van der Waals surface area (Å²) in [5.74, 6) is -0.336. The molecule has 0 bridgehead atoms. The topological polar surface area (TPSA) is 68.5 Å². The minimum atomic E-state index is -0.336. The van der Waals surface area contributed by atoms with Gasteiger partial charge in [0.05, 0.1) is 15.7 Å². The molecule has 22 heavy (non-hydrogen) atoms. The SMILES string of the molecule is N#CC(=NNc1ccc(Cl)c(Cl)c1)C(=O)N1CCCCCC1. The average Bonchev–Trinajstić information content (AvgIpc) is 2.80. The van der Waals surface area contributed by atoms with Crippen LogP contribution in [0.4, 0.5) is 5.69 Å². The van der Waals surface area contributed by atoms with E-state index < -0.39 is 0 Å². The van der Waals surface area contributed by atoms with Crippen molar-refractivity contribution in [2.45, 2.75) is 25.7 Å². The van der Waals surface area contributed by atoms with E-state index in [2.05, 4.69) is 10.5 Å². The van der Waals surface area contributed by atoms with Crippen LogP contribution < -0.4 is 5.43 Å². The first-order chi connectivity index (χ1) is 10.6. The molecule has 1 aliphatic rings. The zero-order valence-electron chi connectivity index (χ0n) is 12.0. The molecular formula is C15H16Cl2N4O. The lowest BCUT2D eigenvalue weighted by molar-refractivity contribution is -0.123. The zero-order valence-corrected chi connectivity index (χ0v) is 13.5. The minimum absolute atomic E-state index is 0.159. The summed E-state index contributed by atoms with van der Waals surface area (Å²) in [7, 11) is 0. The number of nitrogens with zero attached hydrogens (tertiary/aromatic N) is 3. The van der Waals surface area contributed by atoms with Crippen molar-refractivity contribution in [2.75, 3.05) is 18.5 Å². The molecule has 1 aromatic rings. The second-order valence-corrected chi connectivity index (χ2v) is 5.83. The molecule has 1 saturated heterocycles. The van der Waals surface area contributed by atoms with Crippen molar-refractivity contribution < 1.29 is 4.79 Å². The standard InChI is InChI=1S/C15H16Cl2N4O/c16-12-6-5-11(9-13(12)17)19-20-14(10-18)15(22)21-7-3-1-2-4-8-21/h5-6,9,19H,1-4,7-8H2. The second kappa shape index (κ2) is 8.02. The highest BCUT2D eigenvalue weighted by atomic mass is 35.5. The lowest BCUT2D eigenvalue weighted by atomic mass is 10.2. The first-order valence-corrected chi connectivity index (χ1v) is 7.85. The van der Waals surface area contributed by atoms with Gasteiger partial charge in [-0.25, -0.2) is 0 Å². The van der Waals surface area contributed by atoms with Gasteiger partial charge in [0, 0.05) is 13.1 Å². The molecule has 0 aromatic heterocycles. The van der Waals surface area contributed by atoms with Crippen molar-refractivity contribution in [3.63, 3.8) is 0 Å². The number of nitrogens with one attached hydrogen (secondary N) is 1. The van der Waals surface area contributed by atoms with Crippen molar-refractivity contribution in [1.29, 1.82) is 5.26 Å². The van der Waals surface area contributed by atoms with Gasteiger partial charge in [-0.2, -0.15) is 10.4 Å². The highest BCUT2D eigenvalue weighted by Crippen LogP contribution is 2.25. The maximum Gasteiger partial charge on any atom is 0.285 e. The van der Waals surface area contributed by atoms with Gasteiger partial charge in [-0.3, -0.25) is 10.2 Å². The monoisotopic (exact) mass is 338 g/mol. The van der Waals surface area contributed by atoms with Gasteiger partial charge in [-0.05, 0) is 31.0 Å². The predicted molar refractivity (Wildman–Crippen MR) is 88.2 cm³/mol. The van der Waals surface area contributed by atoms with Crippen LogP contribution in [0.5, 0.6) is 0 Å². The Labute approximate surface area is 139 Å². The third-order valence-corrected chi connectivity index (χ3v) is 4.16. The van der Waals surface area contributed by atoms with E-state index in [0.29, 0.717) is 28.8 Å². The average molecular weight is 339 g/mol. The van der Waals surface area contributed by atoms with Crippen molar-refractivity contribution in [1.82, 2.24) is 4.90 Å². The molecule has 0 unspecified atom stereocenters. The van der Waals surface area contributed by atoms with Gasteiger partial charge in [0.2, 0.25) is 5.71 Å². The predicted octanol–water partition coefficient (Wildman–Crippen LogP) is 3.69. The summed E-state index contributed by atoms with van der Waals surface area (Å²) >= 11 is 11.7. The molecule has 7 heteroatoms. The zero-order chi connectivity index (χ0) is 15.9. The number of rotatable bonds is 3. The molecular weight excluding hydrogens is 323 g/mol. The number of hydrogen-bond donors (Lipinski definition) is 1. The number of carbonyl (C=O) groups is 1. The molecule has 0 spiro atoms. The summed E-state index contributed by atoms with van der Waals surface area (Å²) in [5, 5.41) is 13.9. The van der Waals surface area contributed by atoms with Gasteiger partial charge in [0.1, 0.15) is 6.07 Å². The number of hydrogen-bond acceptors (Lipinski definition) is 4. The summed E-state index contributed by atoms with van der Waals surface area (Å²) in [4.78, 5) is 14.0. The van der Waals surface area contributed by atoms with Crippen LogP contribution in [0, 0.1) is 11.3 Å². The third kappa shape index (κ3) is 4.36. The second-order valence-electron chi connectivity index (χ2n) is 5.02. The fourth-order valence-electron chi connectivity index (χ4n) is 2.23. The Balaban J connectivity index is 2.07. The molecule has 1 N–H and O–H groups in total. The molecule has 1 amide bonds. The van der Waals surface area contributed by atoms with Crippen LogP contribution in [0.1, 0.15) is 25.7 Å². The van der Waals surface area contributed by atoms with E-state index in [0.717, 1.165) is 25.7 Å². The van der Waals surface area contributed by atoms with Gasteiger partial charge in [0.25, 0.3) is 5.91 Å². The Morgan fingerprint density at radius 3 is 2.45 bits per heavy atom. The number of nitriles is 1. The molecule has 0 atom stereocenters. The van der Waals surface area contributed by atoms with Crippen molar-refractivity contribution in [3.8, 4) is 6.07 Å². The molecule has 0 radical (unpaired) electrons. The Morgan fingerprint density at radius 1 is 1.18 bits per heavy atom. The number of carbonyl (C=O) groups excluding carboxylic acids is 1. The number of anilines is 1. The van der Waals surface area contributed by atoms with E-state index in [9.17, 15) is 4.79 Å². The number of likely N-dealkylation sites (tertiary alicyclic amines) is 1. The molecule has 1 aliphatic heterocycles. The molecule has 2 rings (SSSR count). The van der Waals surface area contributed by atoms with E-state index in [1.54, 1.807) is 23.1 Å². The first kappa shape index (κ1) is 16.6. The van der Waals surface area contributed by atoms with E-state index in [1.807, 2.05) is 6.07 Å². The lowest BCUT2D eigenvalue weighted by Gasteiger charge is -2.18. The van der Waals surface area contributed by atoms with Crippen LogP contribution >= 0.6 is 23.2 Å². The van der Waals surface area contributed by atoms with Gasteiger partial charge in [-0.15, -0.1) is 0 Å². The van der Waals surface area contributed by atoms with Crippen LogP contribution in [0.15, 0.2) is 23.3 Å². The van der Waals surface area contributed by atoms with Gasteiger partial charge < -0.3 is 4.90 Å². The lowest BCUT2D eigenvalue weighted by Crippen LogP contribution is -2.37. The van der Waals surface area contributed by atoms with Crippen LogP contribution in [-0.4, -0.2) is 29.6 Å². The molecule has 0 aliphatic carbocycles. The fraction of sp³-hybridized carbons (Fsp3) is 0.400. The minimum Gasteiger partial charge on any atom is -0.337 e. The molecule has 0 saturated carbocycles.